The highest BCUT2D eigenvalue weighted by molar-refractivity contribution is 5.80. The van der Waals surface area contributed by atoms with Crippen molar-refractivity contribution in [3.05, 3.63) is 54.4 Å². The molecule has 0 saturated carbocycles. The summed E-state index contributed by atoms with van der Waals surface area (Å²) < 4.78 is 10.8. The fourth-order valence-corrected chi connectivity index (χ4v) is 2.10. The van der Waals surface area contributed by atoms with E-state index < -0.39 is 6.10 Å². The molecule has 0 saturated heterocycles. The molecule has 5 heteroatoms. The predicted molar refractivity (Wildman–Crippen MR) is 83.8 cm³/mol. The van der Waals surface area contributed by atoms with Gasteiger partial charge in [0.25, 0.3) is 5.91 Å². The van der Waals surface area contributed by atoms with Gasteiger partial charge in [-0.05, 0) is 36.8 Å². The lowest BCUT2D eigenvalue weighted by molar-refractivity contribution is -0.137. The molecule has 2 aromatic rings. The second-order valence-corrected chi connectivity index (χ2v) is 4.99. The van der Waals surface area contributed by atoms with E-state index in [1.807, 2.05) is 24.3 Å². The SMILES string of the molecule is COc1cccc(CN(C)C(=O)[C@H](C)Oc2cccnc2)c1. The van der Waals surface area contributed by atoms with Crippen LogP contribution >= 0.6 is 0 Å². The first-order valence-electron chi connectivity index (χ1n) is 7.04. The van der Waals surface area contributed by atoms with Crippen LogP contribution in [0.15, 0.2) is 48.8 Å². The van der Waals surface area contributed by atoms with E-state index in [9.17, 15) is 4.79 Å². The van der Waals surface area contributed by atoms with Crippen LogP contribution in [-0.2, 0) is 11.3 Å². The summed E-state index contributed by atoms with van der Waals surface area (Å²) in [5.41, 5.74) is 1.00. The predicted octanol–water partition coefficient (Wildman–Crippen LogP) is 2.52. The second-order valence-electron chi connectivity index (χ2n) is 4.99. The van der Waals surface area contributed by atoms with Gasteiger partial charge in [0.2, 0.25) is 0 Å². The third-order valence-corrected chi connectivity index (χ3v) is 3.23. The van der Waals surface area contributed by atoms with E-state index in [1.165, 1.54) is 0 Å². The molecule has 1 aromatic carbocycles. The van der Waals surface area contributed by atoms with Crippen LogP contribution in [0.5, 0.6) is 11.5 Å². The fraction of sp³-hybridized carbons (Fsp3) is 0.294. The number of pyridine rings is 1. The van der Waals surface area contributed by atoms with Crippen LogP contribution < -0.4 is 9.47 Å². The molecule has 0 aliphatic carbocycles. The van der Waals surface area contributed by atoms with Crippen LogP contribution in [0.1, 0.15) is 12.5 Å². The molecule has 1 atom stereocenters. The molecule has 0 radical (unpaired) electrons. The highest BCUT2D eigenvalue weighted by atomic mass is 16.5. The van der Waals surface area contributed by atoms with Gasteiger partial charge in [0.05, 0.1) is 13.3 Å². The Morgan fingerprint density at radius 3 is 2.73 bits per heavy atom. The zero-order valence-corrected chi connectivity index (χ0v) is 13.0. The molecule has 1 heterocycles. The Hall–Kier alpha value is -2.56. The van der Waals surface area contributed by atoms with Crippen molar-refractivity contribution in [1.29, 1.82) is 0 Å². The number of rotatable bonds is 6. The minimum absolute atomic E-state index is 0.0910. The molecule has 0 aliphatic rings. The zero-order chi connectivity index (χ0) is 15.9. The molecular weight excluding hydrogens is 280 g/mol. The first kappa shape index (κ1) is 15.8. The average molecular weight is 300 g/mol. The average Bonchev–Trinajstić information content (AvgIpc) is 2.55. The molecule has 5 nitrogen and oxygen atoms in total. The summed E-state index contributed by atoms with van der Waals surface area (Å²) >= 11 is 0. The van der Waals surface area contributed by atoms with E-state index in [0.717, 1.165) is 11.3 Å². The van der Waals surface area contributed by atoms with Crippen LogP contribution in [0.25, 0.3) is 0 Å². The number of benzene rings is 1. The van der Waals surface area contributed by atoms with Crippen molar-refractivity contribution in [3.8, 4) is 11.5 Å². The van der Waals surface area contributed by atoms with Gasteiger partial charge in [0, 0.05) is 19.8 Å². The van der Waals surface area contributed by atoms with Crippen molar-refractivity contribution in [2.75, 3.05) is 14.2 Å². The molecule has 0 spiro atoms. The second kappa shape index (κ2) is 7.45. The van der Waals surface area contributed by atoms with Gasteiger partial charge in [-0.1, -0.05) is 12.1 Å². The number of methoxy groups -OCH3 is 1. The number of amides is 1. The summed E-state index contributed by atoms with van der Waals surface area (Å²) in [5, 5.41) is 0. The maximum atomic E-state index is 12.4. The van der Waals surface area contributed by atoms with E-state index in [0.29, 0.717) is 12.3 Å². The lowest BCUT2D eigenvalue weighted by atomic mass is 10.2. The highest BCUT2D eigenvalue weighted by Crippen LogP contribution is 2.15. The van der Waals surface area contributed by atoms with Gasteiger partial charge in [-0.2, -0.15) is 0 Å². The molecule has 2 rings (SSSR count). The number of hydrogen-bond acceptors (Lipinski definition) is 4. The van der Waals surface area contributed by atoms with Crippen molar-refractivity contribution >= 4 is 5.91 Å². The van der Waals surface area contributed by atoms with E-state index >= 15 is 0 Å². The van der Waals surface area contributed by atoms with Gasteiger partial charge >= 0.3 is 0 Å². The van der Waals surface area contributed by atoms with Crippen LogP contribution in [0, 0.1) is 0 Å². The van der Waals surface area contributed by atoms with Crippen molar-refractivity contribution in [1.82, 2.24) is 9.88 Å². The molecule has 0 aliphatic heterocycles. The molecule has 0 fully saturated rings. The first-order chi connectivity index (χ1) is 10.6. The topological polar surface area (TPSA) is 51.7 Å². The molecule has 22 heavy (non-hydrogen) atoms. The number of likely N-dealkylation sites (N-methyl/N-ethyl adjacent to an activating group) is 1. The Balaban J connectivity index is 1.96. The maximum Gasteiger partial charge on any atom is 0.263 e. The number of carbonyl (C=O) groups excluding carboxylic acids is 1. The number of hydrogen-bond donors (Lipinski definition) is 0. The Morgan fingerprint density at radius 2 is 2.05 bits per heavy atom. The Kier molecular flexibility index (Phi) is 5.36. The van der Waals surface area contributed by atoms with Gasteiger partial charge in [0.1, 0.15) is 11.5 Å². The van der Waals surface area contributed by atoms with Gasteiger partial charge in [0.15, 0.2) is 6.10 Å². The number of nitrogens with zero attached hydrogens (tertiary/aromatic N) is 2. The van der Waals surface area contributed by atoms with E-state index in [1.54, 1.807) is 50.5 Å². The third-order valence-electron chi connectivity index (χ3n) is 3.23. The van der Waals surface area contributed by atoms with Crippen molar-refractivity contribution in [3.63, 3.8) is 0 Å². The van der Waals surface area contributed by atoms with E-state index in [-0.39, 0.29) is 5.91 Å². The lowest BCUT2D eigenvalue weighted by Gasteiger charge is -2.22. The molecular formula is C17H20N2O3. The van der Waals surface area contributed by atoms with Crippen molar-refractivity contribution < 1.29 is 14.3 Å². The van der Waals surface area contributed by atoms with Crippen molar-refractivity contribution in [2.45, 2.75) is 19.6 Å². The minimum atomic E-state index is -0.570. The summed E-state index contributed by atoms with van der Waals surface area (Å²) in [6.45, 7) is 2.23. The molecule has 0 bridgehead atoms. The maximum absolute atomic E-state index is 12.4. The Labute approximate surface area is 130 Å². The van der Waals surface area contributed by atoms with Gasteiger partial charge < -0.3 is 14.4 Å². The Morgan fingerprint density at radius 1 is 1.27 bits per heavy atom. The monoisotopic (exact) mass is 300 g/mol. The smallest absolute Gasteiger partial charge is 0.263 e. The Bertz CT molecular complexity index is 616. The quantitative estimate of drug-likeness (QED) is 0.822. The van der Waals surface area contributed by atoms with Crippen LogP contribution in [0.3, 0.4) is 0 Å². The molecule has 0 unspecified atom stereocenters. The zero-order valence-electron chi connectivity index (χ0n) is 13.0. The van der Waals surface area contributed by atoms with Gasteiger partial charge in [-0.15, -0.1) is 0 Å². The molecule has 1 amide bonds. The number of carbonyl (C=O) groups is 1. The minimum Gasteiger partial charge on any atom is -0.497 e. The first-order valence-corrected chi connectivity index (χ1v) is 7.04. The van der Waals surface area contributed by atoms with Crippen LogP contribution in [0.4, 0.5) is 0 Å². The largest absolute Gasteiger partial charge is 0.497 e. The summed E-state index contributed by atoms with van der Waals surface area (Å²) in [5.74, 6) is 1.27. The summed E-state index contributed by atoms with van der Waals surface area (Å²) in [7, 11) is 3.38. The molecule has 116 valence electrons. The summed E-state index contributed by atoms with van der Waals surface area (Å²) in [6, 6.07) is 11.2. The molecule has 1 aromatic heterocycles. The summed E-state index contributed by atoms with van der Waals surface area (Å²) in [4.78, 5) is 18.0. The van der Waals surface area contributed by atoms with Gasteiger partial charge in [-0.3, -0.25) is 9.78 Å². The van der Waals surface area contributed by atoms with Crippen molar-refractivity contribution in [2.24, 2.45) is 0 Å². The highest BCUT2D eigenvalue weighted by Gasteiger charge is 2.19. The number of aromatic nitrogens is 1. The third kappa shape index (κ3) is 4.22. The van der Waals surface area contributed by atoms with Gasteiger partial charge in [-0.25, -0.2) is 0 Å². The van der Waals surface area contributed by atoms with Crippen LogP contribution in [0.2, 0.25) is 0 Å². The lowest BCUT2D eigenvalue weighted by Crippen LogP contribution is -2.37. The van der Waals surface area contributed by atoms with Crippen LogP contribution in [-0.4, -0.2) is 36.1 Å². The van der Waals surface area contributed by atoms with E-state index in [4.69, 9.17) is 9.47 Å². The normalized spacial score (nSPS) is 11.6. The van der Waals surface area contributed by atoms with E-state index in [2.05, 4.69) is 4.98 Å². The standard InChI is InChI=1S/C17H20N2O3/c1-13(22-16-8-5-9-18-11-16)17(20)19(2)12-14-6-4-7-15(10-14)21-3/h4-11,13H,12H2,1-3H3/t13-/m0/s1. The molecule has 0 N–H and O–H groups in total. The fourth-order valence-electron chi connectivity index (χ4n) is 2.10. The number of ether oxygens (including phenoxy) is 2. The summed E-state index contributed by atoms with van der Waals surface area (Å²) in [6.07, 6.45) is 2.68.